The molecule has 0 spiro atoms. The van der Waals surface area contributed by atoms with Gasteiger partial charge in [-0.15, -0.1) is 0 Å². The number of amides is 1. The molecule has 1 fully saturated rings. The number of likely N-dealkylation sites (N-methyl/N-ethyl adjacent to an activating group) is 1. The third kappa shape index (κ3) is 5.11. The van der Waals surface area contributed by atoms with Gasteiger partial charge in [-0.25, -0.2) is 0 Å². The summed E-state index contributed by atoms with van der Waals surface area (Å²) in [5.41, 5.74) is -0.785. The minimum absolute atomic E-state index is 0.0510. The Kier molecular flexibility index (Phi) is 6.32. The highest BCUT2D eigenvalue weighted by atomic mass is 19.4. The van der Waals surface area contributed by atoms with E-state index in [0.29, 0.717) is 6.54 Å². The monoisotopic (exact) mass is 358 g/mol. The summed E-state index contributed by atoms with van der Waals surface area (Å²) in [5, 5.41) is 0. The van der Waals surface area contributed by atoms with Crippen LogP contribution >= 0.6 is 0 Å². The molecule has 0 saturated carbocycles. The van der Waals surface area contributed by atoms with Crippen LogP contribution in [0.5, 0.6) is 5.75 Å². The molecule has 1 aromatic carbocycles. The lowest BCUT2D eigenvalue weighted by atomic mass is 10.0. The standard InChI is InChI=1S/C18H25F3N2O2/c1-4-23(15-8-10-22(3)11-9-15)17(24)13(2)25-16-7-5-6-14(12-16)18(19,20)21/h5-7,12-13,15H,4,8-11H2,1-3H3/t13-/m1/s1. The van der Waals surface area contributed by atoms with Crippen molar-refractivity contribution in [3.63, 3.8) is 0 Å². The van der Waals surface area contributed by atoms with Crippen LogP contribution in [0, 0.1) is 0 Å². The van der Waals surface area contributed by atoms with Gasteiger partial charge in [-0.05, 0) is 65.0 Å². The summed E-state index contributed by atoms with van der Waals surface area (Å²) in [7, 11) is 2.05. The minimum Gasteiger partial charge on any atom is -0.481 e. The van der Waals surface area contributed by atoms with Crippen LogP contribution in [0.15, 0.2) is 24.3 Å². The molecule has 1 amide bonds. The fourth-order valence-electron chi connectivity index (χ4n) is 3.13. The topological polar surface area (TPSA) is 32.8 Å². The molecular formula is C18H25F3N2O2. The molecule has 2 rings (SSSR count). The number of hydrogen-bond acceptors (Lipinski definition) is 3. The van der Waals surface area contributed by atoms with E-state index in [1.807, 2.05) is 14.0 Å². The van der Waals surface area contributed by atoms with Gasteiger partial charge in [-0.3, -0.25) is 4.79 Å². The number of piperidine rings is 1. The number of alkyl halides is 3. The van der Waals surface area contributed by atoms with Gasteiger partial charge in [0, 0.05) is 12.6 Å². The van der Waals surface area contributed by atoms with Gasteiger partial charge in [0.15, 0.2) is 6.10 Å². The van der Waals surface area contributed by atoms with Gasteiger partial charge in [0.2, 0.25) is 0 Å². The molecule has 0 aliphatic carbocycles. The summed E-state index contributed by atoms with van der Waals surface area (Å²) in [6.45, 7) is 5.91. The van der Waals surface area contributed by atoms with Crippen LogP contribution in [-0.4, -0.2) is 54.5 Å². The van der Waals surface area contributed by atoms with E-state index < -0.39 is 17.8 Å². The molecule has 140 valence electrons. The van der Waals surface area contributed by atoms with E-state index in [2.05, 4.69) is 4.90 Å². The molecule has 1 atom stereocenters. The first-order chi connectivity index (χ1) is 11.7. The van der Waals surface area contributed by atoms with E-state index in [1.165, 1.54) is 12.1 Å². The van der Waals surface area contributed by atoms with Crippen LogP contribution in [0.3, 0.4) is 0 Å². The van der Waals surface area contributed by atoms with Crippen LogP contribution in [-0.2, 0) is 11.0 Å². The van der Waals surface area contributed by atoms with Crippen molar-refractivity contribution in [1.82, 2.24) is 9.80 Å². The van der Waals surface area contributed by atoms with Crippen molar-refractivity contribution in [2.75, 3.05) is 26.7 Å². The quantitative estimate of drug-likeness (QED) is 0.809. The summed E-state index contributed by atoms with van der Waals surface area (Å²) >= 11 is 0. The van der Waals surface area contributed by atoms with Crippen molar-refractivity contribution in [2.24, 2.45) is 0 Å². The second kappa shape index (κ2) is 8.08. The first-order valence-electron chi connectivity index (χ1n) is 8.55. The average Bonchev–Trinajstić information content (AvgIpc) is 2.56. The van der Waals surface area contributed by atoms with Crippen LogP contribution in [0.25, 0.3) is 0 Å². The Labute approximate surface area is 146 Å². The van der Waals surface area contributed by atoms with Gasteiger partial charge >= 0.3 is 6.18 Å². The Balaban J connectivity index is 2.03. The Bertz CT molecular complexity index is 584. The predicted molar refractivity (Wildman–Crippen MR) is 89.4 cm³/mol. The van der Waals surface area contributed by atoms with E-state index in [9.17, 15) is 18.0 Å². The molecule has 1 saturated heterocycles. The molecular weight excluding hydrogens is 333 g/mol. The number of carbonyl (C=O) groups excluding carboxylic acids is 1. The third-order valence-corrected chi connectivity index (χ3v) is 4.57. The Hall–Kier alpha value is -1.76. The number of carbonyl (C=O) groups is 1. The maximum atomic E-state index is 12.8. The lowest BCUT2D eigenvalue weighted by Gasteiger charge is -2.37. The van der Waals surface area contributed by atoms with Gasteiger partial charge in [0.25, 0.3) is 5.91 Å². The molecule has 1 heterocycles. The number of nitrogens with zero attached hydrogens (tertiary/aromatic N) is 2. The molecule has 4 nitrogen and oxygen atoms in total. The first kappa shape index (κ1) is 19.6. The van der Waals surface area contributed by atoms with Crippen LogP contribution in [0.2, 0.25) is 0 Å². The van der Waals surface area contributed by atoms with Gasteiger partial charge in [-0.1, -0.05) is 6.07 Å². The Morgan fingerprint density at radius 3 is 2.56 bits per heavy atom. The number of halogens is 3. The largest absolute Gasteiger partial charge is 0.481 e. The average molecular weight is 358 g/mol. The predicted octanol–water partition coefficient (Wildman–Crippen LogP) is 3.42. The van der Waals surface area contributed by atoms with Crippen molar-refractivity contribution < 1.29 is 22.7 Å². The highest BCUT2D eigenvalue weighted by Crippen LogP contribution is 2.31. The Morgan fingerprint density at radius 2 is 2.00 bits per heavy atom. The molecule has 0 unspecified atom stereocenters. The number of rotatable bonds is 5. The summed E-state index contributed by atoms with van der Waals surface area (Å²) in [5.74, 6) is -0.135. The highest BCUT2D eigenvalue weighted by molar-refractivity contribution is 5.81. The maximum Gasteiger partial charge on any atom is 0.416 e. The summed E-state index contributed by atoms with van der Waals surface area (Å²) in [6, 6.07) is 4.78. The Morgan fingerprint density at radius 1 is 1.36 bits per heavy atom. The van der Waals surface area contributed by atoms with E-state index in [4.69, 9.17) is 4.74 Å². The van der Waals surface area contributed by atoms with Crippen LogP contribution in [0.4, 0.5) is 13.2 Å². The second-order valence-electron chi connectivity index (χ2n) is 6.44. The maximum absolute atomic E-state index is 12.8. The zero-order chi connectivity index (χ0) is 18.6. The molecule has 1 aromatic rings. The highest BCUT2D eigenvalue weighted by Gasteiger charge is 2.32. The SMILES string of the molecule is CCN(C(=O)[C@@H](C)Oc1cccc(C(F)(F)F)c1)C1CCN(C)CC1. The first-order valence-corrected chi connectivity index (χ1v) is 8.55. The number of likely N-dealkylation sites (tertiary alicyclic amines) is 1. The number of hydrogen-bond donors (Lipinski definition) is 0. The smallest absolute Gasteiger partial charge is 0.416 e. The number of benzene rings is 1. The van der Waals surface area contributed by atoms with Crippen molar-refractivity contribution in [2.45, 2.75) is 45.0 Å². The normalized spacial score (nSPS) is 18.0. The molecule has 1 aliphatic heterocycles. The van der Waals surface area contributed by atoms with Crippen molar-refractivity contribution in [1.29, 1.82) is 0 Å². The fourth-order valence-corrected chi connectivity index (χ4v) is 3.13. The number of ether oxygens (including phenoxy) is 1. The van der Waals surface area contributed by atoms with Crippen LogP contribution < -0.4 is 4.74 Å². The van der Waals surface area contributed by atoms with Crippen molar-refractivity contribution >= 4 is 5.91 Å². The van der Waals surface area contributed by atoms with Gasteiger partial charge < -0.3 is 14.5 Å². The third-order valence-electron chi connectivity index (χ3n) is 4.57. The molecule has 0 radical (unpaired) electrons. The molecule has 0 bridgehead atoms. The molecule has 1 aliphatic rings. The second-order valence-corrected chi connectivity index (χ2v) is 6.44. The van der Waals surface area contributed by atoms with E-state index in [-0.39, 0.29) is 17.7 Å². The van der Waals surface area contributed by atoms with Gasteiger partial charge in [-0.2, -0.15) is 13.2 Å². The molecule has 7 heteroatoms. The summed E-state index contributed by atoms with van der Waals surface area (Å²) in [6.07, 6.45) is -3.47. The van der Waals surface area contributed by atoms with E-state index in [1.54, 1.807) is 11.8 Å². The fraction of sp³-hybridized carbons (Fsp3) is 0.611. The molecule has 0 N–H and O–H groups in total. The van der Waals surface area contributed by atoms with E-state index in [0.717, 1.165) is 38.1 Å². The van der Waals surface area contributed by atoms with E-state index >= 15 is 0 Å². The zero-order valence-electron chi connectivity index (χ0n) is 14.8. The minimum atomic E-state index is -4.43. The van der Waals surface area contributed by atoms with Gasteiger partial charge in [0.05, 0.1) is 5.56 Å². The lowest BCUT2D eigenvalue weighted by Crippen LogP contribution is -2.50. The van der Waals surface area contributed by atoms with Crippen LogP contribution in [0.1, 0.15) is 32.3 Å². The van der Waals surface area contributed by atoms with Crippen molar-refractivity contribution in [3.05, 3.63) is 29.8 Å². The lowest BCUT2D eigenvalue weighted by molar-refractivity contribution is -0.141. The zero-order valence-corrected chi connectivity index (χ0v) is 14.8. The molecule has 25 heavy (non-hydrogen) atoms. The van der Waals surface area contributed by atoms with Crippen molar-refractivity contribution in [3.8, 4) is 5.75 Å². The summed E-state index contributed by atoms with van der Waals surface area (Å²) in [4.78, 5) is 16.7. The van der Waals surface area contributed by atoms with Gasteiger partial charge in [0.1, 0.15) is 5.75 Å². The molecule has 0 aromatic heterocycles. The summed E-state index contributed by atoms with van der Waals surface area (Å²) < 4.78 is 43.9.